The summed E-state index contributed by atoms with van der Waals surface area (Å²) in [6.07, 6.45) is -0.118. The number of nitrogens with one attached hydrogen (secondary N) is 3. The molecule has 3 amide bonds. The minimum absolute atomic E-state index is 0.0894. The van der Waals surface area contributed by atoms with E-state index in [0.29, 0.717) is 41.6 Å². The molecule has 0 aromatic heterocycles. The number of methoxy groups -OCH3 is 2. The number of anilines is 2. The summed E-state index contributed by atoms with van der Waals surface area (Å²) in [6, 6.07) is 11.8. The molecule has 0 saturated carbocycles. The molecule has 0 bridgehead atoms. The fourth-order valence-electron chi connectivity index (χ4n) is 3.73. The summed E-state index contributed by atoms with van der Waals surface area (Å²) in [4.78, 5) is 27.5. The van der Waals surface area contributed by atoms with Crippen LogP contribution in [0.1, 0.15) is 24.2 Å². The zero-order chi connectivity index (χ0) is 24.7. The molecule has 2 aromatic carbocycles. The third kappa shape index (κ3) is 6.61. The van der Waals surface area contributed by atoms with Gasteiger partial charge in [-0.2, -0.15) is 0 Å². The molecule has 9 nitrogen and oxygen atoms in total. The first-order valence-corrected chi connectivity index (χ1v) is 11.3. The Balaban J connectivity index is 1.81. The zero-order valence-corrected chi connectivity index (χ0v) is 20.4. The fraction of sp³-hybridized carbons (Fsp3) is 0.440. The highest BCUT2D eigenvalue weighted by Gasteiger charge is 2.25. The van der Waals surface area contributed by atoms with Crippen molar-refractivity contribution in [3.05, 3.63) is 48.0 Å². The molecule has 0 spiro atoms. The van der Waals surface area contributed by atoms with Crippen LogP contribution in [0.15, 0.2) is 42.5 Å². The molecular weight excluding hydrogens is 436 g/mol. The van der Waals surface area contributed by atoms with Gasteiger partial charge in [0.1, 0.15) is 18.1 Å². The average molecular weight is 471 g/mol. The van der Waals surface area contributed by atoms with Gasteiger partial charge < -0.3 is 35.1 Å². The predicted molar refractivity (Wildman–Crippen MR) is 132 cm³/mol. The number of fused-ring (bicyclic) bond motifs is 1. The summed E-state index contributed by atoms with van der Waals surface area (Å²) < 4.78 is 16.8. The van der Waals surface area contributed by atoms with Crippen LogP contribution in [-0.4, -0.2) is 69.9 Å². The van der Waals surface area contributed by atoms with E-state index in [9.17, 15) is 9.59 Å². The molecule has 0 radical (unpaired) electrons. The zero-order valence-electron chi connectivity index (χ0n) is 20.4. The molecule has 3 atom stereocenters. The predicted octanol–water partition coefficient (Wildman–Crippen LogP) is 3.43. The molecule has 184 valence electrons. The Bertz CT molecular complexity index is 999. The molecule has 3 N–H and O–H groups in total. The van der Waals surface area contributed by atoms with Crippen LogP contribution < -0.4 is 25.4 Å². The van der Waals surface area contributed by atoms with Crippen molar-refractivity contribution in [3.8, 4) is 11.5 Å². The molecular formula is C25H34N4O5. The van der Waals surface area contributed by atoms with E-state index in [1.807, 2.05) is 6.92 Å². The molecule has 9 heteroatoms. The minimum atomic E-state index is -0.436. The Morgan fingerprint density at radius 2 is 1.85 bits per heavy atom. The van der Waals surface area contributed by atoms with Crippen molar-refractivity contribution in [2.45, 2.75) is 26.0 Å². The first kappa shape index (κ1) is 25.3. The number of likely N-dealkylation sites (N-methyl/N-ethyl adjacent to an activating group) is 1. The van der Waals surface area contributed by atoms with Crippen molar-refractivity contribution in [2.75, 3.05) is 51.6 Å². The standard InChI is InChI=1S/C25H34N4O5/c1-16-13-26-17(2)15-34-22-10-9-19(12-21(22)24(30)29(3)14-23(16)33-5)28-25(31)27-18-7-6-8-20(11-18)32-4/h6-12,16-17,23,26H,13-15H2,1-5H3,(H2,27,28,31)/t16-,17-,23+/m0/s1. The number of benzene rings is 2. The molecule has 1 aliphatic rings. The molecule has 1 heterocycles. The Labute approximate surface area is 200 Å². The SMILES string of the molecule is COc1cccc(NC(=O)Nc2ccc3c(c2)C(=O)N(C)C[C@@H](OC)[C@@H](C)CN[C@@H](C)CO3)c1. The van der Waals surface area contributed by atoms with Gasteiger partial charge in [0.05, 0.1) is 18.8 Å². The van der Waals surface area contributed by atoms with Crippen molar-refractivity contribution in [2.24, 2.45) is 5.92 Å². The molecule has 0 saturated heterocycles. The van der Waals surface area contributed by atoms with Crippen molar-refractivity contribution in [1.29, 1.82) is 0 Å². The Morgan fingerprint density at radius 3 is 2.56 bits per heavy atom. The lowest BCUT2D eigenvalue weighted by molar-refractivity contribution is 0.0281. The fourth-order valence-corrected chi connectivity index (χ4v) is 3.73. The minimum Gasteiger partial charge on any atom is -0.497 e. The van der Waals surface area contributed by atoms with E-state index in [1.165, 1.54) is 0 Å². The number of urea groups is 1. The summed E-state index contributed by atoms with van der Waals surface area (Å²) in [5.74, 6) is 1.10. The lowest BCUT2D eigenvalue weighted by atomic mass is 10.0. The number of hydrogen-bond acceptors (Lipinski definition) is 6. The lowest BCUT2D eigenvalue weighted by Crippen LogP contribution is -2.44. The molecule has 0 unspecified atom stereocenters. The van der Waals surface area contributed by atoms with E-state index < -0.39 is 6.03 Å². The monoisotopic (exact) mass is 470 g/mol. The Morgan fingerprint density at radius 1 is 1.12 bits per heavy atom. The third-order valence-corrected chi connectivity index (χ3v) is 5.81. The molecule has 3 rings (SSSR count). The molecule has 2 aromatic rings. The maximum Gasteiger partial charge on any atom is 0.323 e. The Hall–Kier alpha value is -3.30. The maximum absolute atomic E-state index is 13.3. The van der Waals surface area contributed by atoms with Gasteiger partial charge in [-0.3, -0.25) is 4.79 Å². The van der Waals surface area contributed by atoms with Gasteiger partial charge in [-0.05, 0) is 43.2 Å². The normalized spacial score (nSPS) is 21.4. The van der Waals surface area contributed by atoms with Gasteiger partial charge in [0.15, 0.2) is 0 Å². The van der Waals surface area contributed by atoms with Gasteiger partial charge in [0.25, 0.3) is 5.91 Å². The van der Waals surface area contributed by atoms with E-state index in [4.69, 9.17) is 14.2 Å². The van der Waals surface area contributed by atoms with Gasteiger partial charge in [0, 0.05) is 50.7 Å². The summed E-state index contributed by atoms with van der Waals surface area (Å²) in [5, 5.41) is 9.00. The first-order valence-electron chi connectivity index (χ1n) is 11.3. The number of hydrogen-bond donors (Lipinski definition) is 3. The largest absolute Gasteiger partial charge is 0.497 e. The van der Waals surface area contributed by atoms with Gasteiger partial charge in [-0.25, -0.2) is 4.79 Å². The quantitative estimate of drug-likeness (QED) is 0.633. The van der Waals surface area contributed by atoms with Crippen LogP contribution in [0, 0.1) is 5.92 Å². The second-order valence-corrected chi connectivity index (χ2v) is 8.58. The van der Waals surface area contributed by atoms with Gasteiger partial charge in [-0.15, -0.1) is 0 Å². The van der Waals surface area contributed by atoms with Gasteiger partial charge in [-0.1, -0.05) is 13.0 Å². The van der Waals surface area contributed by atoms with E-state index in [-0.39, 0.29) is 24.0 Å². The highest BCUT2D eigenvalue weighted by Crippen LogP contribution is 2.26. The molecule has 0 fully saturated rings. The van der Waals surface area contributed by atoms with Crippen molar-refractivity contribution in [1.82, 2.24) is 10.2 Å². The second kappa shape index (κ2) is 11.7. The number of rotatable bonds is 4. The highest BCUT2D eigenvalue weighted by molar-refractivity contribution is 6.02. The van der Waals surface area contributed by atoms with Crippen molar-refractivity contribution < 1.29 is 23.8 Å². The molecule has 0 aliphatic carbocycles. The summed E-state index contributed by atoms with van der Waals surface area (Å²) >= 11 is 0. The van der Waals surface area contributed by atoms with E-state index in [2.05, 4.69) is 22.9 Å². The van der Waals surface area contributed by atoms with Gasteiger partial charge >= 0.3 is 6.03 Å². The third-order valence-electron chi connectivity index (χ3n) is 5.81. The lowest BCUT2D eigenvalue weighted by Gasteiger charge is -2.30. The Kier molecular flexibility index (Phi) is 8.72. The van der Waals surface area contributed by atoms with Crippen LogP contribution in [0.4, 0.5) is 16.2 Å². The number of nitrogens with zero attached hydrogens (tertiary/aromatic N) is 1. The summed E-state index contributed by atoms with van der Waals surface area (Å²) in [5.41, 5.74) is 1.43. The molecule has 34 heavy (non-hydrogen) atoms. The number of carbonyl (C=O) groups is 2. The van der Waals surface area contributed by atoms with Crippen LogP contribution in [0.2, 0.25) is 0 Å². The van der Waals surface area contributed by atoms with Crippen LogP contribution in [0.3, 0.4) is 0 Å². The second-order valence-electron chi connectivity index (χ2n) is 8.58. The van der Waals surface area contributed by atoms with Crippen LogP contribution in [0.5, 0.6) is 11.5 Å². The van der Waals surface area contributed by atoms with Crippen molar-refractivity contribution >= 4 is 23.3 Å². The van der Waals surface area contributed by atoms with Crippen LogP contribution >= 0.6 is 0 Å². The van der Waals surface area contributed by atoms with E-state index in [1.54, 1.807) is 68.6 Å². The molecule has 1 aliphatic heterocycles. The first-order chi connectivity index (χ1) is 16.3. The summed E-state index contributed by atoms with van der Waals surface area (Å²) in [7, 11) is 4.96. The van der Waals surface area contributed by atoms with Crippen LogP contribution in [-0.2, 0) is 4.74 Å². The summed E-state index contributed by atoms with van der Waals surface area (Å²) in [6.45, 7) is 5.71. The topological polar surface area (TPSA) is 101 Å². The number of amides is 3. The van der Waals surface area contributed by atoms with Crippen molar-refractivity contribution in [3.63, 3.8) is 0 Å². The average Bonchev–Trinajstić information content (AvgIpc) is 2.83. The van der Waals surface area contributed by atoms with E-state index in [0.717, 1.165) is 6.54 Å². The van der Waals surface area contributed by atoms with E-state index >= 15 is 0 Å². The number of carbonyl (C=O) groups excluding carboxylic acids is 2. The van der Waals surface area contributed by atoms with Crippen LogP contribution in [0.25, 0.3) is 0 Å². The smallest absolute Gasteiger partial charge is 0.323 e. The maximum atomic E-state index is 13.3. The van der Waals surface area contributed by atoms with Gasteiger partial charge in [0.2, 0.25) is 0 Å². The highest BCUT2D eigenvalue weighted by atomic mass is 16.5. The number of ether oxygens (including phenoxy) is 3.